The Labute approximate surface area is 369 Å². The molecule has 0 fully saturated rings. The Morgan fingerprint density at radius 2 is 1.59 bits per heavy atom. The number of aliphatic hydroxyl groups is 2. The standard InChI is InChI=1S/C46H73IO11Si/c1-13-33(29-55-31-54-23-22-52-9)24-32(3)40(56-30-34-18-20-37(53-10)21-19-34)27-38(58-59(11,12)45(4,5)6)28-41(57-42(49)14-2)46(7,8)36-17-15-16-35(25-36)26-39(48)43(50)44(47)51/h15-21,24-25,33,38-41,43,48,50H,13-14,22-23,26-31H2,1-12H3/b32-24-/t33-,38-,39-,40+,41+,43+/m1/s1. The van der Waals surface area contributed by atoms with Crippen LogP contribution in [0.25, 0.3) is 0 Å². The number of hydrogen-bond donors (Lipinski definition) is 2. The highest BCUT2D eigenvalue weighted by atomic mass is 127. The lowest BCUT2D eigenvalue weighted by molar-refractivity contribution is -0.154. The summed E-state index contributed by atoms with van der Waals surface area (Å²) in [5, 5.41) is 20.7. The molecule has 0 bridgehead atoms. The van der Waals surface area contributed by atoms with E-state index in [9.17, 15) is 19.8 Å². The lowest BCUT2D eigenvalue weighted by atomic mass is 9.76. The number of halogens is 1. The summed E-state index contributed by atoms with van der Waals surface area (Å²) >= 11 is 1.50. The van der Waals surface area contributed by atoms with Gasteiger partial charge >= 0.3 is 5.97 Å². The monoisotopic (exact) mass is 956 g/mol. The summed E-state index contributed by atoms with van der Waals surface area (Å²) in [4.78, 5) is 25.0. The molecule has 11 nitrogen and oxygen atoms in total. The summed E-state index contributed by atoms with van der Waals surface area (Å²) in [5.74, 6) is 0.572. The van der Waals surface area contributed by atoms with Crippen molar-refractivity contribution in [3.05, 3.63) is 76.9 Å². The van der Waals surface area contributed by atoms with Crippen LogP contribution in [0, 0.1) is 5.92 Å². The maximum atomic E-state index is 13.2. The molecule has 2 aromatic carbocycles. The summed E-state index contributed by atoms with van der Waals surface area (Å²) in [6, 6.07) is 15.5. The molecule has 0 saturated heterocycles. The van der Waals surface area contributed by atoms with E-state index in [0.717, 1.165) is 34.4 Å². The number of carbonyl (C=O) groups is 2. The van der Waals surface area contributed by atoms with Crippen LogP contribution < -0.4 is 4.74 Å². The zero-order chi connectivity index (χ0) is 44.4. The van der Waals surface area contributed by atoms with E-state index in [1.165, 1.54) is 22.6 Å². The Bertz CT molecular complexity index is 1570. The van der Waals surface area contributed by atoms with Gasteiger partial charge < -0.3 is 43.1 Å². The van der Waals surface area contributed by atoms with Crippen molar-refractivity contribution in [1.82, 2.24) is 0 Å². The molecule has 2 N–H and O–H groups in total. The van der Waals surface area contributed by atoms with Crippen molar-refractivity contribution in [2.45, 2.75) is 148 Å². The van der Waals surface area contributed by atoms with Crippen LogP contribution >= 0.6 is 22.6 Å². The maximum absolute atomic E-state index is 13.2. The van der Waals surface area contributed by atoms with Gasteiger partial charge in [0.1, 0.15) is 24.8 Å². The molecule has 13 heteroatoms. The number of ether oxygens (including phenoxy) is 6. The molecule has 2 aromatic rings. The van der Waals surface area contributed by atoms with E-state index in [1.54, 1.807) is 21.1 Å². The maximum Gasteiger partial charge on any atom is 0.305 e. The number of hydrogen-bond acceptors (Lipinski definition) is 11. The van der Waals surface area contributed by atoms with Crippen LogP contribution in [-0.4, -0.2) is 99.6 Å². The van der Waals surface area contributed by atoms with Crippen molar-refractivity contribution in [2.75, 3.05) is 40.8 Å². The normalized spacial score (nSPS) is 15.9. The van der Waals surface area contributed by atoms with Gasteiger partial charge in [-0.15, -0.1) is 0 Å². The number of methoxy groups -OCH3 is 2. The van der Waals surface area contributed by atoms with E-state index in [1.807, 2.05) is 48.5 Å². The minimum Gasteiger partial charge on any atom is -0.497 e. The highest BCUT2D eigenvalue weighted by molar-refractivity contribution is 14.1. The van der Waals surface area contributed by atoms with E-state index < -0.39 is 35.8 Å². The van der Waals surface area contributed by atoms with Gasteiger partial charge in [-0.2, -0.15) is 0 Å². The first-order valence-electron chi connectivity index (χ1n) is 20.8. The van der Waals surface area contributed by atoms with Gasteiger partial charge in [-0.05, 0) is 65.9 Å². The number of aliphatic hydroxyl groups excluding tert-OH is 2. The molecular weight excluding hydrogens is 883 g/mol. The Morgan fingerprint density at radius 3 is 2.17 bits per heavy atom. The molecule has 2 rings (SSSR count). The van der Waals surface area contributed by atoms with Crippen molar-refractivity contribution >= 4 is 40.7 Å². The molecule has 6 atom stereocenters. The van der Waals surface area contributed by atoms with E-state index in [2.05, 4.69) is 67.6 Å². The van der Waals surface area contributed by atoms with Crippen molar-refractivity contribution in [2.24, 2.45) is 5.92 Å². The lowest BCUT2D eigenvalue weighted by Gasteiger charge is -2.43. The molecule has 0 aliphatic rings. The number of esters is 1. The predicted molar refractivity (Wildman–Crippen MR) is 243 cm³/mol. The van der Waals surface area contributed by atoms with Crippen molar-refractivity contribution in [3.8, 4) is 5.75 Å². The first-order valence-corrected chi connectivity index (χ1v) is 24.8. The molecule has 59 heavy (non-hydrogen) atoms. The third kappa shape index (κ3) is 18.0. The van der Waals surface area contributed by atoms with Crippen LogP contribution in [0.5, 0.6) is 5.75 Å². The molecule has 0 amide bonds. The Hall–Kier alpha value is -2.21. The van der Waals surface area contributed by atoms with Gasteiger partial charge in [0.2, 0.25) is 3.79 Å². The first kappa shape index (κ1) is 52.9. The zero-order valence-electron chi connectivity index (χ0n) is 37.7. The van der Waals surface area contributed by atoms with Crippen LogP contribution in [0.4, 0.5) is 0 Å². The second-order valence-electron chi connectivity index (χ2n) is 17.4. The summed E-state index contributed by atoms with van der Waals surface area (Å²) in [5.41, 5.74) is 2.98. The molecule has 0 saturated carbocycles. The van der Waals surface area contributed by atoms with Crippen LogP contribution in [-0.2, 0) is 56.1 Å². The SMILES string of the molecule is CCC(=O)O[C@@H](C[C@@H](C[C@H](OCc1ccc(OC)cc1)/C(C)=C\[C@@H](CC)COCOCCOC)O[Si](C)(C)C(C)(C)C)C(C)(C)c1cccc(C[C@@H](O)[C@H](O)C(=O)I)c1. The average molecular weight is 957 g/mol. The minimum absolute atomic E-state index is 0.0831. The van der Waals surface area contributed by atoms with Crippen molar-refractivity contribution in [3.63, 3.8) is 0 Å². The van der Waals surface area contributed by atoms with E-state index >= 15 is 0 Å². The Morgan fingerprint density at radius 1 is 0.915 bits per heavy atom. The van der Waals surface area contributed by atoms with Crippen LogP contribution in [0.2, 0.25) is 18.1 Å². The Balaban J connectivity index is 2.61. The van der Waals surface area contributed by atoms with Crippen LogP contribution in [0.1, 0.15) is 97.8 Å². The van der Waals surface area contributed by atoms with E-state index in [-0.39, 0.29) is 48.8 Å². The fourth-order valence-corrected chi connectivity index (χ4v) is 8.11. The van der Waals surface area contributed by atoms with E-state index in [4.69, 9.17) is 32.8 Å². The van der Waals surface area contributed by atoms with Gasteiger partial charge in [-0.1, -0.05) is 90.9 Å². The smallest absolute Gasteiger partial charge is 0.305 e. The molecule has 0 heterocycles. The molecule has 0 aliphatic carbocycles. The average Bonchev–Trinajstić information content (AvgIpc) is 3.18. The van der Waals surface area contributed by atoms with Crippen molar-refractivity contribution in [1.29, 1.82) is 0 Å². The second-order valence-corrected chi connectivity index (χ2v) is 23.2. The van der Waals surface area contributed by atoms with Gasteiger partial charge in [-0.3, -0.25) is 9.59 Å². The number of carbonyl (C=O) groups excluding carboxylic acids is 2. The largest absolute Gasteiger partial charge is 0.497 e. The summed E-state index contributed by atoms with van der Waals surface area (Å²) < 4.78 is 41.8. The summed E-state index contributed by atoms with van der Waals surface area (Å²) in [7, 11) is 0.893. The van der Waals surface area contributed by atoms with Gasteiger partial charge in [0, 0.05) is 66.7 Å². The Kier molecular flexibility index (Phi) is 23.0. The van der Waals surface area contributed by atoms with Gasteiger partial charge in [0.25, 0.3) is 0 Å². The zero-order valence-corrected chi connectivity index (χ0v) is 40.8. The van der Waals surface area contributed by atoms with Crippen LogP contribution in [0.3, 0.4) is 0 Å². The van der Waals surface area contributed by atoms with Gasteiger partial charge in [0.15, 0.2) is 8.32 Å². The molecule has 0 radical (unpaired) electrons. The molecule has 0 aromatic heterocycles. The molecule has 0 unspecified atom stereocenters. The number of benzene rings is 2. The predicted octanol–water partition coefficient (Wildman–Crippen LogP) is 8.89. The molecule has 0 spiro atoms. The molecular formula is C46H73IO11Si. The van der Waals surface area contributed by atoms with Crippen molar-refractivity contribution < 1.29 is 52.6 Å². The molecule has 0 aliphatic heterocycles. The van der Waals surface area contributed by atoms with Gasteiger partial charge in [-0.25, -0.2) is 0 Å². The summed E-state index contributed by atoms with van der Waals surface area (Å²) in [6.07, 6.45) is 0.229. The minimum atomic E-state index is -2.39. The third-order valence-corrected chi connectivity index (χ3v) is 16.5. The lowest BCUT2D eigenvalue weighted by Crippen LogP contribution is -2.48. The molecule has 334 valence electrons. The van der Waals surface area contributed by atoms with Crippen LogP contribution in [0.15, 0.2) is 60.2 Å². The fraction of sp³-hybridized carbons (Fsp3) is 0.652. The number of rotatable bonds is 28. The summed E-state index contributed by atoms with van der Waals surface area (Å²) in [6.45, 7) is 23.2. The highest BCUT2D eigenvalue weighted by Crippen LogP contribution is 2.41. The first-order chi connectivity index (χ1) is 27.7. The van der Waals surface area contributed by atoms with E-state index in [0.29, 0.717) is 39.3 Å². The topological polar surface area (TPSA) is 139 Å². The third-order valence-electron chi connectivity index (χ3n) is 11.4. The fourth-order valence-electron chi connectivity index (χ4n) is 6.31. The highest BCUT2D eigenvalue weighted by Gasteiger charge is 2.43. The van der Waals surface area contributed by atoms with Gasteiger partial charge in [0.05, 0.1) is 51.8 Å². The quantitative estimate of drug-likeness (QED) is 0.0161. The second kappa shape index (κ2) is 25.7.